The molecule has 17 heavy (non-hydrogen) atoms. The second-order valence-electron chi connectivity index (χ2n) is 4.00. The van der Waals surface area contributed by atoms with Crippen LogP contribution in [0.5, 0.6) is 0 Å². The highest BCUT2D eigenvalue weighted by molar-refractivity contribution is 5.32. The van der Waals surface area contributed by atoms with Crippen LogP contribution in [-0.4, -0.2) is 20.0 Å². The third-order valence-electron chi connectivity index (χ3n) is 2.93. The van der Waals surface area contributed by atoms with Gasteiger partial charge in [-0.2, -0.15) is 10.2 Å². The maximum absolute atomic E-state index is 5.49. The molecule has 2 aromatic heterocycles. The van der Waals surface area contributed by atoms with Gasteiger partial charge in [-0.05, 0) is 38.0 Å². The molecule has 0 radical (unpaired) electrons. The van der Waals surface area contributed by atoms with Crippen molar-refractivity contribution >= 4 is 0 Å². The normalized spacial score (nSPS) is 10.8. The van der Waals surface area contributed by atoms with E-state index in [0.717, 1.165) is 29.3 Å². The zero-order chi connectivity index (χ0) is 12.4. The van der Waals surface area contributed by atoms with Gasteiger partial charge in [-0.15, -0.1) is 5.10 Å². The van der Waals surface area contributed by atoms with E-state index >= 15 is 0 Å². The lowest BCUT2D eigenvalue weighted by molar-refractivity contribution is 0.766. The Hall–Kier alpha value is -1.75. The van der Waals surface area contributed by atoms with Crippen LogP contribution in [0.3, 0.4) is 0 Å². The highest BCUT2D eigenvalue weighted by atomic mass is 15.3. The Balaban J connectivity index is 2.45. The number of hydrogen-bond acceptors (Lipinski definition) is 4. The summed E-state index contributed by atoms with van der Waals surface area (Å²) in [5, 5.41) is 12.7. The first-order valence-corrected chi connectivity index (χ1v) is 5.75. The predicted molar refractivity (Wildman–Crippen MR) is 65.9 cm³/mol. The average Bonchev–Trinajstić information content (AvgIpc) is 2.64. The maximum Gasteiger partial charge on any atom is 0.175 e. The minimum absolute atomic E-state index is 0.407. The lowest BCUT2D eigenvalue weighted by Crippen LogP contribution is -2.07. The van der Waals surface area contributed by atoms with E-state index in [2.05, 4.69) is 29.1 Å². The molecule has 0 spiro atoms. The summed E-state index contributed by atoms with van der Waals surface area (Å²) in [7, 11) is 0. The molecule has 0 fully saturated rings. The summed E-state index contributed by atoms with van der Waals surface area (Å²) in [6.45, 7) is 6.61. The van der Waals surface area contributed by atoms with Crippen LogP contribution in [0.2, 0.25) is 0 Å². The predicted octanol–water partition coefficient (Wildman–Crippen LogP) is 1.30. The van der Waals surface area contributed by atoms with E-state index in [1.54, 1.807) is 0 Å². The van der Waals surface area contributed by atoms with Gasteiger partial charge in [-0.25, -0.2) is 4.68 Å². The lowest BCUT2D eigenvalue weighted by Gasteiger charge is -2.03. The highest BCUT2D eigenvalue weighted by Crippen LogP contribution is 2.16. The SMILES string of the molecule is CCc1c(C)nn(-c2ccc(CN)nn2)c1C. The van der Waals surface area contributed by atoms with Crippen LogP contribution in [0.4, 0.5) is 0 Å². The number of aromatic nitrogens is 4. The summed E-state index contributed by atoms with van der Waals surface area (Å²) in [4.78, 5) is 0. The zero-order valence-corrected chi connectivity index (χ0v) is 10.4. The molecule has 0 aliphatic heterocycles. The minimum Gasteiger partial charge on any atom is -0.325 e. The van der Waals surface area contributed by atoms with Crippen molar-refractivity contribution in [3.8, 4) is 5.82 Å². The van der Waals surface area contributed by atoms with Gasteiger partial charge in [0.05, 0.1) is 11.4 Å². The van der Waals surface area contributed by atoms with Gasteiger partial charge >= 0.3 is 0 Å². The molecular weight excluding hydrogens is 214 g/mol. The molecular formula is C12H17N5. The van der Waals surface area contributed by atoms with Crippen LogP contribution in [0.1, 0.15) is 29.6 Å². The molecule has 0 saturated heterocycles. The largest absolute Gasteiger partial charge is 0.325 e. The van der Waals surface area contributed by atoms with Gasteiger partial charge in [-0.1, -0.05) is 6.92 Å². The van der Waals surface area contributed by atoms with E-state index in [1.807, 2.05) is 23.7 Å². The Morgan fingerprint density at radius 3 is 2.47 bits per heavy atom. The fraction of sp³-hybridized carbons (Fsp3) is 0.417. The van der Waals surface area contributed by atoms with Crippen LogP contribution in [0, 0.1) is 13.8 Å². The molecule has 0 aliphatic rings. The van der Waals surface area contributed by atoms with E-state index in [0.29, 0.717) is 6.54 Å². The van der Waals surface area contributed by atoms with Gasteiger partial charge in [0.15, 0.2) is 5.82 Å². The minimum atomic E-state index is 0.407. The van der Waals surface area contributed by atoms with Crippen molar-refractivity contribution in [1.82, 2.24) is 20.0 Å². The Bertz CT molecular complexity index is 512. The average molecular weight is 231 g/mol. The van der Waals surface area contributed by atoms with Crippen molar-refractivity contribution in [1.29, 1.82) is 0 Å². The monoisotopic (exact) mass is 231 g/mol. The zero-order valence-electron chi connectivity index (χ0n) is 10.4. The molecule has 2 N–H and O–H groups in total. The lowest BCUT2D eigenvalue weighted by atomic mass is 10.1. The molecule has 0 aromatic carbocycles. The number of aryl methyl sites for hydroxylation is 1. The summed E-state index contributed by atoms with van der Waals surface area (Å²) in [6, 6.07) is 3.78. The molecule has 0 atom stereocenters. The Kier molecular flexibility index (Phi) is 3.19. The molecule has 2 rings (SSSR count). The fourth-order valence-electron chi connectivity index (χ4n) is 1.98. The summed E-state index contributed by atoms with van der Waals surface area (Å²) in [6.07, 6.45) is 0.978. The first kappa shape index (κ1) is 11.7. The van der Waals surface area contributed by atoms with Gasteiger partial charge in [0.1, 0.15) is 0 Å². The van der Waals surface area contributed by atoms with Crippen molar-refractivity contribution in [2.24, 2.45) is 5.73 Å². The molecule has 0 unspecified atom stereocenters. The van der Waals surface area contributed by atoms with Crippen LogP contribution >= 0.6 is 0 Å². The quantitative estimate of drug-likeness (QED) is 0.864. The van der Waals surface area contributed by atoms with Gasteiger partial charge in [0.25, 0.3) is 0 Å². The Morgan fingerprint density at radius 2 is 2.00 bits per heavy atom. The number of nitrogens with two attached hydrogens (primary N) is 1. The van der Waals surface area contributed by atoms with Gasteiger partial charge in [-0.3, -0.25) is 0 Å². The number of nitrogens with zero attached hydrogens (tertiary/aromatic N) is 4. The van der Waals surface area contributed by atoms with Crippen LogP contribution in [0.25, 0.3) is 5.82 Å². The van der Waals surface area contributed by atoms with E-state index in [9.17, 15) is 0 Å². The molecule has 0 amide bonds. The van der Waals surface area contributed by atoms with Crippen LogP contribution in [-0.2, 0) is 13.0 Å². The van der Waals surface area contributed by atoms with E-state index < -0.39 is 0 Å². The van der Waals surface area contributed by atoms with Gasteiger partial charge in [0, 0.05) is 12.2 Å². The second kappa shape index (κ2) is 4.63. The van der Waals surface area contributed by atoms with Crippen molar-refractivity contribution in [3.05, 3.63) is 34.8 Å². The summed E-state index contributed by atoms with van der Waals surface area (Å²) < 4.78 is 1.83. The number of rotatable bonds is 3. The van der Waals surface area contributed by atoms with E-state index in [1.165, 1.54) is 5.56 Å². The molecule has 90 valence electrons. The first-order valence-electron chi connectivity index (χ1n) is 5.75. The molecule has 0 saturated carbocycles. The van der Waals surface area contributed by atoms with Crippen molar-refractivity contribution in [2.45, 2.75) is 33.7 Å². The van der Waals surface area contributed by atoms with E-state index in [4.69, 9.17) is 5.73 Å². The topological polar surface area (TPSA) is 69.6 Å². The second-order valence-corrected chi connectivity index (χ2v) is 4.00. The molecule has 5 nitrogen and oxygen atoms in total. The Morgan fingerprint density at radius 1 is 1.24 bits per heavy atom. The first-order chi connectivity index (χ1) is 8.17. The van der Waals surface area contributed by atoms with Crippen LogP contribution < -0.4 is 5.73 Å². The standard InChI is InChI=1S/C12H17N5/c1-4-11-8(2)16-17(9(11)3)12-6-5-10(7-13)14-15-12/h5-6H,4,7,13H2,1-3H3. The fourth-order valence-corrected chi connectivity index (χ4v) is 1.98. The molecule has 5 heteroatoms. The van der Waals surface area contributed by atoms with Crippen molar-refractivity contribution in [2.75, 3.05) is 0 Å². The van der Waals surface area contributed by atoms with Crippen molar-refractivity contribution < 1.29 is 0 Å². The molecule has 2 heterocycles. The number of hydrogen-bond donors (Lipinski definition) is 1. The van der Waals surface area contributed by atoms with Gasteiger partial charge in [0.2, 0.25) is 0 Å². The summed E-state index contributed by atoms with van der Waals surface area (Å²) in [5.74, 6) is 0.738. The van der Waals surface area contributed by atoms with Crippen molar-refractivity contribution in [3.63, 3.8) is 0 Å². The molecule has 2 aromatic rings. The summed E-state index contributed by atoms with van der Waals surface area (Å²) in [5.41, 5.74) is 9.72. The van der Waals surface area contributed by atoms with E-state index in [-0.39, 0.29) is 0 Å². The van der Waals surface area contributed by atoms with Gasteiger partial charge < -0.3 is 5.73 Å². The third kappa shape index (κ3) is 2.06. The Labute approximate surface area is 101 Å². The van der Waals surface area contributed by atoms with Crippen LogP contribution in [0.15, 0.2) is 12.1 Å². The summed E-state index contributed by atoms with van der Waals surface area (Å²) >= 11 is 0. The molecule has 0 aliphatic carbocycles. The smallest absolute Gasteiger partial charge is 0.175 e. The highest BCUT2D eigenvalue weighted by Gasteiger charge is 2.11. The molecule has 0 bridgehead atoms. The third-order valence-corrected chi connectivity index (χ3v) is 2.93. The maximum atomic E-state index is 5.49.